The van der Waals surface area contributed by atoms with Crippen LogP contribution in [0.3, 0.4) is 0 Å². The van der Waals surface area contributed by atoms with E-state index in [0.29, 0.717) is 0 Å². The number of methoxy groups -OCH3 is 1. The van der Waals surface area contributed by atoms with Gasteiger partial charge in [0, 0.05) is 30.7 Å². The number of aromatic nitrogens is 1. The number of ether oxygens (including phenoxy) is 1. The molecule has 0 unspecified atom stereocenters. The second-order valence-corrected chi connectivity index (χ2v) is 12.2. The van der Waals surface area contributed by atoms with Crippen molar-refractivity contribution in [2.75, 3.05) is 12.4 Å². The van der Waals surface area contributed by atoms with Crippen LogP contribution in [0, 0.1) is 0 Å². The van der Waals surface area contributed by atoms with E-state index in [-0.39, 0.29) is 5.04 Å². The van der Waals surface area contributed by atoms with Crippen molar-refractivity contribution >= 4 is 14.0 Å². The highest BCUT2D eigenvalue weighted by molar-refractivity contribution is 6.74. The van der Waals surface area contributed by atoms with Crippen LogP contribution in [0.25, 0.3) is 0 Å². The Labute approximate surface area is 146 Å². The average molecular weight is 345 g/mol. The number of pyridine rings is 1. The highest BCUT2D eigenvalue weighted by atomic mass is 28.4. The van der Waals surface area contributed by atoms with E-state index in [2.05, 4.69) is 50.2 Å². The van der Waals surface area contributed by atoms with E-state index >= 15 is 0 Å². The topological polar surface area (TPSA) is 43.4 Å². The molecular formula is C19H28N2O2Si. The molecule has 0 aliphatic rings. The predicted molar refractivity (Wildman–Crippen MR) is 102 cm³/mol. The molecule has 24 heavy (non-hydrogen) atoms. The summed E-state index contributed by atoms with van der Waals surface area (Å²) >= 11 is 0. The summed E-state index contributed by atoms with van der Waals surface area (Å²) in [5.74, 6) is 1.58. The fraction of sp³-hybridized carbons (Fsp3) is 0.421. The van der Waals surface area contributed by atoms with Gasteiger partial charge in [0.15, 0.2) is 5.75 Å². The third-order valence-corrected chi connectivity index (χ3v) is 8.90. The first kappa shape index (κ1) is 18.3. The van der Waals surface area contributed by atoms with Crippen molar-refractivity contribution in [3.8, 4) is 11.5 Å². The first-order valence-corrected chi connectivity index (χ1v) is 11.1. The normalized spacial score (nSPS) is 11.9. The molecule has 0 bridgehead atoms. The lowest BCUT2D eigenvalue weighted by Crippen LogP contribution is -2.43. The SMILES string of the molecule is COc1ccc(NCc2cccnc2)cc1O[Si](C)(C)C(C)(C)C. The highest BCUT2D eigenvalue weighted by Crippen LogP contribution is 2.40. The van der Waals surface area contributed by atoms with Gasteiger partial charge in [-0.25, -0.2) is 0 Å². The number of nitrogens with one attached hydrogen (secondary N) is 1. The molecule has 0 radical (unpaired) electrons. The van der Waals surface area contributed by atoms with Crippen LogP contribution >= 0.6 is 0 Å². The Morgan fingerprint density at radius 3 is 2.46 bits per heavy atom. The Balaban J connectivity index is 2.18. The molecule has 1 aromatic carbocycles. The number of benzene rings is 1. The van der Waals surface area contributed by atoms with Gasteiger partial charge >= 0.3 is 0 Å². The standard InChI is InChI=1S/C19H28N2O2Si/c1-19(2,3)24(5,6)23-18-12-16(9-10-17(18)22-4)21-14-15-8-7-11-20-13-15/h7-13,21H,14H2,1-6H3. The largest absolute Gasteiger partial charge is 0.541 e. The van der Waals surface area contributed by atoms with Gasteiger partial charge in [0.25, 0.3) is 8.32 Å². The van der Waals surface area contributed by atoms with E-state index in [4.69, 9.17) is 9.16 Å². The smallest absolute Gasteiger partial charge is 0.250 e. The zero-order chi connectivity index (χ0) is 17.8. The maximum atomic E-state index is 6.44. The van der Waals surface area contributed by atoms with E-state index in [1.165, 1.54) is 0 Å². The molecule has 0 atom stereocenters. The molecule has 0 fully saturated rings. The predicted octanol–water partition coefficient (Wildman–Crippen LogP) is 5.09. The van der Waals surface area contributed by atoms with Gasteiger partial charge in [-0.2, -0.15) is 0 Å². The summed E-state index contributed by atoms with van der Waals surface area (Å²) in [7, 11) is -0.244. The van der Waals surface area contributed by atoms with Crippen LogP contribution in [-0.2, 0) is 6.54 Å². The zero-order valence-electron chi connectivity index (χ0n) is 15.5. The Morgan fingerprint density at radius 1 is 1.12 bits per heavy atom. The molecule has 0 aliphatic carbocycles. The maximum absolute atomic E-state index is 6.44. The van der Waals surface area contributed by atoms with Gasteiger partial charge in [-0.1, -0.05) is 26.8 Å². The van der Waals surface area contributed by atoms with E-state index in [1.54, 1.807) is 13.3 Å². The highest BCUT2D eigenvalue weighted by Gasteiger charge is 2.39. The van der Waals surface area contributed by atoms with Crippen LogP contribution in [0.5, 0.6) is 11.5 Å². The fourth-order valence-electron chi connectivity index (χ4n) is 2.00. The van der Waals surface area contributed by atoms with Crippen molar-refractivity contribution in [2.45, 2.75) is 45.4 Å². The molecule has 1 N–H and O–H groups in total. The molecule has 0 saturated carbocycles. The van der Waals surface area contributed by atoms with Crippen LogP contribution < -0.4 is 14.5 Å². The van der Waals surface area contributed by atoms with Crippen molar-refractivity contribution in [3.63, 3.8) is 0 Å². The van der Waals surface area contributed by atoms with Gasteiger partial charge in [-0.15, -0.1) is 0 Å². The van der Waals surface area contributed by atoms with Crippen molar-refractivity contribution in [2.24, 2.45) is 0 Å². The molecule has 0 saturated heterocycles. The Morgan fingerprint density at radius 2 is 1.88 bits per heavy atom. The fourth-order valence-corrected chi connectivity index (χ4v) is 3.02. The van der Waals surface area contributed by atoms with Crippen LogP contribution in [0.15, 0.2) is 42.7 Å². The van der Waals surface area contributed by atoms with Gasteiger partial charge < -0.3 is 14.5 Å². The van der Waals surface area contributed by atoms with E-state index in [1.807, 2.05) is 30.5 Å². The van der Waals surface area contributed by atoms with E-state index in [0.717, 1.165) is 29.3 Å². The first-order valence-electron chi connectivity index (χ1n) is 8.23. The van der Waals surface area contributed by atoms with Crippen molar-refractivity contribution in [1.29, 1.82) is 0 Å². The molecule has 130 valence electrons. The summed E-state index contributed by atoms with van der Waals surface area (Å²) in [6.07, 6.45) is 3.64. The third kappa shape index (κ3) is 4.51. The molecule has 4 nitrogen and oxygen atoms in total. The van der Waals surface area contributed by atoms with Crippen LogP contribution in [0.1, 0.15) is 26.3 Å². The van der Waals surface area contributed by atoms with E-state index in [9.17, 15) is 0 Å². The summed E-state index contributed by atoms with van der Waals surface area (Å²) < 4.78 is 11.9. The first-order chi connectivity index (χ1) is 11.2. The van der Waals surface area contributed by atoms with Crippen molar-refractivity contribution < 1.29 is 9.16 Å². The van der Waals surface area contributed by atoms with Gasteiger partial charge in [-0.05, 0) is 41.9 Å². The minimum atomic E-state index is -1.92. The second kappa shape index (κ2) is 7.26. The molecule has 0 amide bonds. The monoisotopic (exact) mass is 344 g/mol. The molecule has 1 aromatic heterocycles. The zero-order valence-corrected chi connectivity index (χ0v) is 16.5. The molecule has 2 aromatic rings. The summed E-state index contributed by atoms with van der Waals surface area (Å²) in [5, 5.41) is 3.55. The summed E-state index contributed by atoms with van der Waals surface area (Å²) in [5.41, 5.74) is 2.15. The molecule has 0 spiro atoms. The molecule has 0 aliphatic heterocycles. The lowest BCUT2D eigenvalue weighted by molar-refractivity contribution is 0.386. The number of rotatable bonds is 6. The minimum Gasteiger partial charge on any atom is -0.541 e. The summed E-state index contributed by atoms with van der Waals surface area (Å²) in [4.78, 5) is 4.14. The lowest BCUT2D eigenvalue weighted by atomic mass is 10.2. The van der Waals surface area contributed by atoms with Gasteiger partial charge in [0.2, 0.25) is 0 Å². The van der Waals surface area contributed by atoms with Gasteiger partial charge in [0.1, 0.15) is 5.75 Å². The number of anilines is 1. The Hall–Kier alpha value is -2.01. The van der Waals surface area contributed by atoms with Gasteiger partial charge in [0.05, 0.1) is 7.11 Å². The van der Waals surface area contributed by atoms with Crippen LogP contribution in [0.4, 0.5) is 5.69 Å². The average Bonchev–Trinajstić information content (AvgIpc) is 2.52. The summed E-state index contributed by atoms with van der Waals surface area (Å²) in [6.45, 7) is 11.9. The van der Waals surface area contributed by atoms with Crippen molar-refractivity contribution in [1.82, 2.24) is 4.98 Å². The second-order valence-electron chi connectivity index (χ2n) is 7.44. The number of hydrogen-bond acceptors (Lipinski definition) is 4. The van der Waals surface area contributed by atoms with Gasteiger partial charge in [-0.3, -0.25) is 4.98 Å². The Kier molecular flexibility index (Phi) is 5.54. The van der Waals surface area contributed by atoms with Crippen molar-refractivity contribution in [3.05, 3.63) is 48.3 Å². The Bertz CT molecular complexity index is 667. The van der Waals surface area contributed by atoms with Crippen LogP contribution in [0.2, 0.25) is 18.1 Å². The molecule has 1 heterocycles. The quantitative estimate of drug-likeness (QED) is 0.742. The van der Waals surface area contributed by atoms with E-state index < -0.39 is 8.32 Å². The molecular weight excluding hydrogens is 316 g/mol. The maximum Gasteiger partial charge on any atom is 0.250 e. The number of hydrogen-bond donors (Lipinski definition) is 1. The minimum absolute atomic E-state index is 0.136. The van der Waals surface area contributed by atoms with Crippen LogP contribution in [-0.4, -0.2) is 20.4 Å². The lowest BCUT2D eigenvalue weighted by Gasteiger charge is -2.36. The number of nitrogens with zero attached hydrogens (tertiary/aromatic N) is 1. The third-order valence-electron chi connectivity index (χ3n) is 4.55. The molecule has 2 rings (SSSR count). The molecule has 5 heteroatoms. The summed E-state index contributed by atoms with van der Waals surface area (Å²) in [6, 6.07) is 9.98.